The molecule has 0 aromatic heterocycles. The number of unbranched alkanes of at least 4 members (excludes halogenated alkanes) is 1. The Morgan fingerprint density at radius 2 is 1.98 bits per heavy atom. The van der Waals surface area contributed by atoms with Crippen molar-refractivity contribution in [2.24, 2.45) is 5.92 Å². The van der Waals surface area contributed by atoms with Crippen LogP contribution in [-0.4, -0.2) is 48.8 Å². The molecule has 0 amide bonds. The normalized spacial score (nSPS) is 21.1. The summed E-state index contributed by atoms with van der Waals surface area (Å²) in [5.41, 5.74) is 4.99. The van der Waals surface area contributed by atoms with Gasteiger partial charge in [-0.25, -0.2) is 4.79 Å². The minimum absolute atomic E-state index is 0.299. The number of esters is 1. The number of fused-ring (bicyclic) bond motifs is 2. The third kappa shape index (κ3) is 7.26. The van der Waals surface area contributed by atoms with Crippen molar-refractivity contribution in [3.05, 3.63) is 106 Å². The Bertz CT molecular complexity index is 1380. The van der Waals surface area contributed by atoms with Gasteiger partial charge < -0.3 is 19.5 Å². The first-order chi connectivity index (χ1) is 20.4. The van der Waals surface area contributed by atoms with E-state index >= 15 is 0 Å². The number of ether oxygens (including phenoxy) is 2. The lowest BCUT2D eigenvalue weighted by Gasteiger charge is -2.38. The summed E-state index contributed by atoms with van der Waals surface area (Å²) in [7, 11) is 0. The number of rotatable bonds is 8. The number of halogens is 1. The fourth-order valence-electron chi connectivity index (χ4n) is 5.86. The lowest BCUT2D eigenvalue weighted by Crippen LogP contribution is -2.42. The maximum atomic E-state index is 12.9. The van der Waals surface area contributed by atoms with Crippen LogP contribution in [0.2, 0.25) is 5.02 Å². The topological polar surface area (TPSA) is 59.0 Å². The molecular formula is C36H42ClNO4. The molecule has 1 N–H and O–H groups in total. The van der Waals surface area contributed by atoms with Crippen LogP contribution in [-0.2, 0) is 10.3 Å². The summed E-state index contributed by atoms with van der Waals surface area (Å²) < 4.78 is 11.8. The lowest BCUT2D eigenvalue weighted by molar-refractivity contribution is -0.0254. The highest BCUT2D eigenvalue weighted by Crippen LogP contribution is 2.40. The number of carbonyl (C=O) groups excluding carboxylic acids is 1. The van der Waals surface area contributed by atoms with Crippen molar-refractivity contribution in [3.8, 4) is 5.75 Å². The monoisotopic (exact) mass is 587 g/mol. The Morgan fingerprint density at radius 1 is 1.19 bits per heavy atom. The van der Waals surface area contributed by atoms with Crippen LogP contribution in [0.15, 0.2) is 84.0 Å². The molecule has 1 aliphatic carbocycles. The van der Waals surface area contributed by atoms with Gasteiger partial charge in [0.25, 0.3) is 0 Å². The molecule has 1 unspecified atom stereocenters. The van der Waals surface area contributed by atoms with E-state index in [-0.39, 0.29) is 5.97 Å². The number of likely N-dealkylation sites (tertiary alicyclic amines) is 1. The van der Waals surface area contributed by atoms with Gasteiger partial charge in [0.05, 0.1) is 17.8 Å². The molecule has 3 aliphatic rings. The minimum atomic E-state index is -0.813. The van der Waals surface area contributed by atoms with Gasteiger partial charge in [-0.05, 0) is 90.6 Å². The summed E-state index contributed by atoms with van der Waals surface area (Å²) in [4.78, 5) is 15.3. The van der Waals surface area contributed by atoms with Crippen LogP contribution in [0.5, 0.6) is 5.75 Å². The molecule has 0 bridgehead atoms. The van der Waals surface area contributed by atoms with E-state index in [9.17, 15) is 9.90 Å². The first-order valence-corrected chi connectivity index (χ1v) is 15.7. The molecule has 2 heterocycles. The summed E-state index contributed by atoms with van der Waals surface area (Å²) in [6.07, 6.45) is 16.2. The Hall–Kier alpha value is -3.12. The van der Waals surface area contributed by atoms with E-state index in [0.29, 0.717) is 42.6 Å². The van der Waals surface area contributed by atoms with Crippen molar-refractivity contribution in [2.75, 3.05) is 32.8 Å². The van der Waals surface area contributed by atoms with Crippen molar-refractivity contribution >= 4 is 23.1 Å². The third-order valence-electron chi connectivity index (χ3n) is 8.55. The number of benzene rings is 2. The van der Waals surface area contributed by atoms with Gasteiger partial charge in [-0.3, -0.25) is 0 Å². The predicted molar refractivity (Wildman–Crippen MR) is 170 cm³/mol. The SMILES string of the molecule is CCCCOC(=O)c1ccc2c(c1)/C(=C/CCN1CCC(O)(c3ccc(Cl)cc3)CC1)C1=CC=CC(C)CC=C1CO2. The number of hydrogen-bond acceptors (Lipinski definition) is 5. The molecular weight excluding hydrogens is 546 g/mol. The van der Waals surface area contributed by atoms with Crippen LogP contribution in [0, 0.1) is 5.92 Å². The number of piperidine rings is 1. The maximum Gasteiger partial charge on any atom is 0.338 e. The quantitative estimate of drug-likeness (QED) is 0.251. The van der Waals surface area contributed by atoms with Gasteiger partial charge >= 0.3 is 5.97 Å². The Labute approximate surface area is 255 Å². The second-order valence-electron chi connectivity index (χ2n) is 11.7. The smallest absolute Gasteiger partial charge is 0.338 e. The van der Waals surface area contributed by atoms with E-state index in [2.05, 4.69) is 49.1 Å². The van der Waals surface area contributed by atoms with Crippen molar-refractivity contribution in [1.29, 1.82) is 0 Å². The molecule has 0 saturated carbocycles. The van der Waals surface area contributed by atoms with Gasteiger partial charge in [-0.1, -0.05) is 74.4 Å². The minimum Gasteiger partial charge on any atom is -0.488 e. The van der Waals surface area contributed by atoms with Gasteiger partial charge in [0.1, 0.15) is 12.4 Å². The van der Waals surface area contributed by atoms with Crippen molar-refractivity contribution in [1.82, 2.24) is 4.90 Å². The van der Waals surface area contributed by atoms with Gasteiger partial charge in [-0.2, -0.15) is 0 Å². The maximum absolute atomic E-state index is 12.9. The number of carbonyl (C=O) groups is 1. The number of hydrogen-bond donors (Lipinski definition) is 1. The average molecular weight is 588 g/mol. The molecule has 5 rings (SSSR count). The Balaban J connectivity index is 1.37. The molecule has 0 spiro atoms. The molecule has 222 valence electrons. The van der Waals surface area contributed by atoms with E-state index in [1.807, 2.05) is 36.4 Å². The standard InChI is InChI=1S/C36H42ClNO4/c1-3-4-23-41-35(39)27-12-17-34-33(24-27)32(31-8-5-7-26(2)10-11-28(31)25-42-34)9-6-20-38-21-18-36(40,19-22-38)29-13-15-30(37)16-14-29/h5,7-9,11-17,24,26,40H,3-4,6,10,18-23,25H2,1-2H3/b7-5?,28-11?,31-8?,32-9+. The van der Waals surface area contributed by atoms with Crippen LogP contribution < -0.4 is 4.74 Å². The van der Waals surface area contributed by atoms with E-state index in [0.717, 1.165) is 73.3 Å². The van der Waals surface area contributed by atoms with Gasteiger partial charge in [-0.15, -0.1) is 0 Å². The number of nitrogens with zero attached hydrogens (tertiary/aromatic N) is 1. The van der Waals surface area contributed by atoms with Gasteiger partial charge in [0.2, 0.25) is 0 Å². The number of allylic oxidation sites excluding steroid dienone is 5. The molecule has 2 aromatic rings. The summed E-state index contributed by atoms with van der Waals surface area (Å²) in [6.45, 7) is 7.75. The van der Waals surface area contributed by atoms with E-state index < -0.39 is 5.60 Å². The summed E-state index contributed by atoms with van der Waals surface area (Å²) in [5.74, 6) is 0.943. The molecule has 5 nitrogen and oxygen atoms in total. The van der Waals surface area contributed by atoms with Crippen molar-refractivity contribution in [2.45, 2.75) is 58.0 Å². The Kier molecular flexibility index (Phi) is 10.0. The molecule has 1 fully saturated rings. The highest BCUT2D eigenvalue weighted by atomic mass is 35.5. The Morgan fingerprint density at radius 3 is 2.74 bits per heavy atom. The average Bonchev–Trinajstić information content (AvgIpc) is 3.12. The van der Waals surface area contributed by atoms with Crippen LogP contribution in [0.3, 0.4) is 0 Å². The lowest BCUT2D eigenvalue weighted by atomic mass is 9.84. The van der Waals surface area contributed by atoms with Crippen LogP contribution in [0.25, 0.3) is 5.57 Å². The van der Waals surface area contributed by atoms with Crippen LogP contribution in [0.4, 0.5) is 0 Å². The molecule has 2 aliphatic heterocycles. The van der Waals surface area contributed by atoms with E-state index in [4.69, 9.17) is 21.1 Å². The molecule has 42 heavy (non-hydrogen) atoms. The summed E-state index contributed by atoms with van der Waals surface area (Å²) in [5, 5.41) is 12.0. The molecule has 0 radical (unpaired) electrons. The van der Waals surface area contributed by atoms with Crippen LogP contribution >= 0.6 is 11.6 Å². The molecule has 6 heteroatoms. The zero-order valence-corrected chi connectivity index (χ0v) is 25.5. The predicted octanol–water partition coefficient (Wildman–Crippen LogP) is 7.90. The summed E-state index contributed by atoms with van der Waals surface area (Å²) in [6, 6.07) is 13.2. The van der Waals surface area contributed by atoms with Gasteiger partial charge in [0.15, 0.2) is 0 Å². The largest absolute Gasteiger partial charge is 0.488 e. The second kappa shape index (κ2) is 13.9. The first-order valence-electron chi connectivity index (χ1n) is 15.3. The van der Waals surface area contributed by atoms with Gasteiger partial charge in [0, 0.05) is 30.2 Å². The van der Waals surface area contributed by atoms with Crippen LogP contribution in [0.1, 0.15) is 73.9 Å². The fourth-order valence-corrected chi connectivity index (χ4v) is 5.98. The molecule has 2 aromatic carbocycles. The number of aliphatic hydroxyl groups is 1. The third-order valence-corrected chi connectivity index (χ3v) is 8.80. The second-order valence-corrected chi connectivity index (χ2v) is 12.1. The fraction of sp³-hybridized carbons (Fsp3) is 0.417. The zero-order chi connectivity index (χ0) is 29.5. The van der Waals surface area contributed by atoms with E-state index in [1.54, 1.807) is 6.07 Å². The van der Waals surface area contributed by atoms with E-state index in [1.165, 1.54) is 5.57 Å². The van der Waals surface area contributed by atoms with Crippen molar-refractivity contribution in [3.63, 3.8) is 0 Å². The first kappa shape index (κ1) is 30.3. The zero-order valence-electron chi connectivity index (χ0n) is 24.8. The molecule has 1 saturated heterocycles. The molecule has 1 atom stereocenters. The summed E-state index contributed by atoms with van der Waals surface area (Å²) >= 11 is 6.06. The van der Waals surface area contributed by atoms with Crippen molar-refractivity contribution < 1.29 is 19.4 Å². The highest BCUT2D eigenvalue weighted by molar-refractivity contribution is 6.30. The highest BCUT2D eigenvalue weighted by Gasteiger charge is 2.33.